The van der Waals surface area contributed by atoms with Gasteiger partial charge in [0, 0.05) is 11.0 Å². The molecule has 1 rings (SSSR count). The van der Waals surface area contributed by atoms with Crippen LogP contribution in [0.1, 0.15) is 16.8 Å². The second kappa shape index (κ2) is 7.49. The average Bonchev–Trinajstić information content (AvgIpc) is 2.40. The number of benzene rings is 1. The fourth-order valence-corrected chi connectivity index (χ4v) is 1.83. The van der Waals surface area contributed by atoms with E-state index in [1.54, 1.807) is 12.1 Å². The fraction of sp³-hybridized carbons (Fsp3) is 0.250. The molecule has 0 spiro atoms. The topological polar surface area (TPSA) is 105 Å². The maximum atomic E-state index is 11.6. The number of para-hydroxylation sites is 1. The summed E-state index contributed by atoms with van der Waals surface area (Å²) >= 11 is 3.17. The number of rotatable bonds is 5. The number of nitrogens with one attached hydrogen (secondary N) is 2. The van der Waals surface area contributed by atoms with Crippen molar-refractivity contribution in [3.63, 3.8) is 0 Å². The molecule has 0 aliphatic heterocycles. The first-order valence-electron chi connectivity index (χ1n) is 5.59. The maximum Gasteiger partial charge on any atom is 0.337 e. The van der Waals surface area contributed by atoms with Crippen LogP contribution in [0.2, 0.25) is 0 Å². The molecule has 8 heteroatoms. The first-order chi connectivity index (χ1) is 9.45. The number of ether oxygens (including phenoxy) is 1. The van der Waals surface area contributed by atoms with E-state index < -0.39 is 18.0 Å². The molecule has 0 unspecified atom stereocenters. The summed E-state index contributed by atoms with van der Waals surface area (Å²) in [5.74, 6) is -1.60. The van der Waals surface area contributed by atoms with Crippen molar-refractivity contribution in [2.45, 2.75) is 6.42 Å². The summed E-state index contributed by atoms with van der Waals surface area (Å²) in [7, 11) is 1.25. The largest absolute Gasteiger partial charge is 0.478 e. The first kappa shape index (κ1) is 16.0. The highest BCUT2D eigenvalue weighted by molar-refractivity contribution is 9.10. The molecular formula is C12H13BrN2O5. The van der Waals surface area contributed by atoms with E-state index in [0.29, 0.717) is 4.47 Å². The lowest BCUT2D eigenvalue weighted by Gasteiger charge is -2.11. The van der Waals surface area contributed by atoms with Crippen LogP contribution >= 0.6 is 15.9 Å². The van der Waals surface area contributed by atoms with Crippen molar-refractivity contribution in [1.29, 1.82) is 0 Å². The number of carboxylic acid groups (broad SMARTS) is 1. The van der Waals surface area contributed by atoms with Crippen LogP contribution in [0.15, 0.2) is 22.7 Å². The molecule has 0 fully saturated rings. The van der Waals surface area contributed by atoms with E-state index >= 15 is 0 Å². The number of urea groups is 1. The number of carbonyl (C=O) groups is 3. The van der Waals surface area contributed by atoms with Gasteiger partial charge in [-0.2, -0.15) is 0 Å². The van der Waals surface area contributed by atoms with Gasteiger partial charge >= 0.3 is 18.0 Å². The number of esters is 1. The molecule has 0 aromatic heterocycles. The van der Waals surface area contributed by atoms with Crippen LogP contribution in [-0.2, 0) is 9.53 Å². The Bertz CT molecular complexity index is 533. The summed E-state index contributed by atoms with van der Waals surface area (Å²) in [4.78, 5) is 33.5. The lowest BCUT2D eigenvalue weighted by molar-refractivity contribution is -0.140. The summed E-state index contributed by atoms with van der Waals surface area (Å²) in [6, 6.07) is 3.92. The maximum absolute atomic E-state index is 11.6. The SMILES string of the molecule is COC(=O)CCNC(=O)Nc1c(Br)cccc1C(=O)O. The van der Waals surface area contributed by atoms with Crippen LogP contribution in [-0.4, -0.2) is 36.7 Å². The molecule has 0 bridgehead atoms. The Morgan fingerprint density at radius 3 is 2.65 bits per heavy atom. The lowest BCUT2D eigenvalue weighted by Crippen LogP contribution is -2.31. The van der Waals surface area contributed by atoms with E-state index in [2.05, 4.69) is 31.3 Å². The molecule has 0 aliphatic carbocycles. The van der Waals surface area contributed by atoms with Crippen molar-refractivity contribution in [1.82, 2.24) is 5.32 Å². The number of hydrogen-bond acceptors (Lipinski definition) is 4. The number of hydrogen-bond donors (Lipinski definition) is 3. The van der Waals surface area contributed by atoms with Gasteiger partial charge in [-0.25, -0.2) is 9.59 Å². The summed E-state index contributed by atoms with van der Waals surface area (Å²) in [5, 5.41) is 13.9. The Labute approximate surface area is 123 Å². The number of carboxylic acids is 1. The van der Waals surface area contributed by atoms with Gasteiger partial charge in [-0.3, -0.25) is 4.79 Å². The smallest absolute Gasteiger partial charge is 0.337 e. The van der Waals surface area contributed by atoms with Crippen LogP contribution in [0, 0.1) is 0 Å². The summed E-state index contributed by atoms with van der Waals surface area (Å²) in [6.45, 7) is 0.0887. The first-order valence-corrected chi connectivity index (χ1v) is 6.38. The second-order valence-corrected chi connectivity index (χ2v) is 4.53. The zero-order valence-corrected chi connectivity index (χ0v) is 12.2. The quantitative estimate of drug-likeness (QED) is 0.706. The van der Waals surface area contributed by atoms with E-state index in [4.69, 9.17) is 5.11 Å². The van der Waals surface area contributed by atoms with Crippen molar-refractivity contribution < 1.29 is 24.2 Å². The summed E-state index contributed by atoms with van der Waals surface area (Å²) in [6.07, 6.45) is 0.0334. The molecule has 1 aromatic carbocycles. The van der Waals surface area contributed by atoms with Crippen molar-refractivity contribution in [3.8, 4) is 0 Å². The van der Waals surface area contributed by atoms with Crippen molar-refractivity contribution in [2.75, 3.05) is 19.0 Å². The molecule has 3 N–H and O–H groups in total. The standard InChI is InChI=1S/C12H13BrN2O5/c1-20-9(16)5-6-14-12(19)15-10-7(11(17)18)3-2-4-8(10)13/h2-4H,5-6H2,1H3,(H,17,18)(H2,14,15,19). The zero-order valence-electron chi connectivity index (χ0n) is 10.6. The predicted molar refractivity (Wildman–Crippen MR) is 74.8 cm³/mol. The van der Waals surface area contributed by atoms with Crippen molar-refractivity contribution in [3.05, 3.63) is 28.2 Å². The van der Waals surface area contributed by atoms with Gasteiger partial charge in [0.1, 0.15) is 0 Å². The van der Waals surface area contributed by atoms with E-state index in [1.807, 2.05) is 0 Å². The minimum absolute atomic E-state index is 0.0334. The van der Waals surface area contributed by atoms with Crippen LogP contribution in [0.5, 0.6) is 0 Å². The number of carbonyl (C=O) groups excluding carboxylic acids is 2. The normalized spacial score (nSPS) is 9.70. The number of methoxy groups -OCH3 is 1. The molecule has 20 heavy (non-hydrogen) atoms. The van der Waals surface area contributed by atoms with Crippen LogP contribution in [0.4, 0.5) is 10.5 Å². The molecule has 0 atom stereocenters. The van der Waals surface area contributed by atoms with Crippen LogP contribution in [0.3, 0.4) is 0 Å². The van der Waals surface area contributed by atoms with Gasteiger partial charge in [0.15, 0.2) is 0 Å². The minimum Gasteiger partial charge on any atom is -0.478 e. The third kappa shape index (κ3) is 4.54. The molecule has 0 saturated carbocycles. The predicted octanol–water partition coefficient (Wildman–Crippen LogP) is 1.83. The van der Waals surface area contributed by atoms with Crippen molar-refractivity contribution >= 4 is 39.6 Å². The molecule has 0 radical (unpaired) electrons. The van der Waals surface area contributed by atoms with Gasteiger partial charge in [0.05, 0.1) is 24.8 Å². The Hall–Kier alpha value is -2.09. The molecular weight excluding hydrogens is 332 g/mol. The Morgan fingerprint density at radius 1 is 1.35 bits per heavy atom. The van der Waals surface area contributed by atoms with E-state index in [1.165, 1.54) is 13.2 Å². The second-order valence-electron chi connectivity index (χ2n) is 3.67. The molecule has 108 valence electrons. The van der Waals surface area contributed by atoms with Gasteiger partial charge in [0.25, 0.3) is 0 Å². The minimum atomic E-state index is -1.16. The van der Waals surface area contributed by atoms with E-state index in [0.717, 1.165) is 0 Å². The summed E-state index contributed by atoms with van der Waals surface area (Å²) in [5.41, 5.74) is 0.109. The van der Waals surface area contributed by atoms with Gasteiger partial charge in [-0.05, 0) is 28.1 Å². The lowest BCUT2D eigenvalue weighted by atomic mass is 10.2. The third-order valence-electron chi connectivity index (χ3n) is 2.32. The van der Waals surface area contributed by atoms with E-state index in [-0.39, 0.29) is 24.2 Å². The Balaban J connectivity index is 2.66. The van der Waals surface area contributed by atoms with Crippen LogP contribution in [0.25, 0.3) is 0 Å². The molecule has 0 aliphatic rings. The van der Waals surface area contributed by atoms with E-state index in [9.17, 15) is 14.4 Å². The Kier molecular flexibility index (Phi) is 5.98. The van der Waals surface area contributed by atoms with Crippen molar-refractivity contribution in [2.24, 2.45) is 0 Å². The highest BCUT2D eigenvalue weighted by atomic mass is 79.9. The van der Waals surface area contributed by atoms with Gasteiger partial charge in [0.2, 0.25) is 0 Å². The molecule has 2 amide bonds. The number of halogens is 1. The molecule has 1 aromatic rings. The molecule has 7 nitrogen and oxygen atoms in total. The molecule has 0 saturated heterocycles. The van der Waals surface area contributed by atoms with Gasteiger partial charge in [-0.15, -0.1) is 0 Å². The number of aromatic carboxylic acids is 1. The number of anilines is 1. The monoisotopic (exact) mass is 344 g/mol. The van der Waals surface area contributed by atoms with Gasteiger partial charge < -0.3 is 20.5 Å². The summed E-state index contributed by atoms with van der Waals surface area (Å²) < 4.78 is 4.87. The average molecular weight is 345 g/mol. The zero-order chi connectivity index (χ0) is 15.1. The van der Waals surface area contributed by atoms with Gasteiger partial charge in [-0.1, -0.05) is 6.07 Å². The highest BCUT2D eigenvalue weighted by Gasteiger charge is 2.15. The highest BCUT2D eigenvalue weighted by Crippen LogP contribution is 2.26. The fourth-order valence-electron chi connectivity index (χ4n) is 1.37. The Morgan fingerprint density at radius 2 is 2.05 bits per heavy atom. The molecule has 0 heterocycles. The number of amides is 2. The van der Waals surface area contributed by atoms with Crippen LogP contribution < -0.4 is 10.6 Å². The third-order valence-corrected chi connectivity index (χ3v) is 2.99.